The Balaban J connectivity index is 1.88. The number of terminal acetylenes is 2. The van der Waals surface area contributed by atoms with E-state index in [1.165, 1.54) is 4.90 Å². The van der Waals surface area contributed by atoms with Gasteiger partial charge in [0.2, 0.25) is 17.6 Å². The van der Waals surface area contributed by atoms with Crippen LogP contribution in [0, 0.1) is 46.9 Å². The lowest BCUT2D eigenvalue weighted by atomic mass is 9.82. The van der Waals surface area contributed by atoms with Crippen molar-refractivity contribution < 1.29 is 28.2 Å². The Labute approximate surface area is 276 Å². The Kier molecular flexibility index (Phi) is 11.4. The smallest absolute Gasteiger partial charge is 0.315 e. The van der Waals surface area contributed by atoms with Crippen molar-refractivity contribution in [1.82, 2.24) is 26.2 Å². The number of Topliss-reactive ketones (excluding diaryl/α,β-unsaturated/α-hetero) is 1. The average molecular weight is 658 g/mol. The second kappa shape index (κ2) is 14.2. The standard InChI is InChI=1S/C34H51N5O6S/c1-10-12-16-22(24(40)27(41)35-19-11-2)36-28(42)26-33(8)23(32(33,6)7)20-39(26)29(43)25(31(3,4)5)37-30(44)38-34(21-46(9)45)17-14-13-15-18-34/h1-2,22-23,25-26H,12-21H2,3-9H3,(H,35,41)(H,36,42)(H2,37,38,44)/t22?,23?,25-,26-,33?,46?/m1/s1. The number of nitrogens with one attached hydrogen (secondary N) is 4. The van der Waals surface area contributed by atoms with E-state index < -0.39 is 74.8 Å². The monoisotopic (exact) mass is 657 g/mol. The maximum Gasteiger partial charge on any atom is 0.315 e. The summed E-state index contributed by atoms with van der Waals surface area (Å²) in [4.78, 5) is 69.0. The van der Waals surface area contributed by atoms with Crippen LogP contribution in [0.4, 0.5) is 4.79 Å². The highest BCUT2D eigenvalue weighted by Gasteiger charge is 2.78. The van der Waals surface area contributed by atoms with Gasteiger partial charge in [0.1, 0.15) is 12.1 Å². The number of urea groups is 1. The summed E-state index contributed by atoms with van der Waals surface area (Å²) in [5.74, 6) is 2.23. The summed E-state index contributed by atoms with van der Waals surface area (Å²) in [7, 11) is -1.13. The molecule has 12 heteroatoms. The fourth-order valence-corrected chi connectivity index (χ4v) is 8.76. The van der Waals surface area contributed by atoms with Gasteiger partial charge in [0.25, 0.3) is 5.91 Å². The Bertz CT molecular complexity index is 1330. The number of carbonyl (C=O) groups is 5. The molecule has 0 aromatic carbocycles. The second-order valence-electron chi connectivity index (χ2n) is 15.0. The molecule has 11 nitrogen and oxygen atoms in total. The van der Waals surface area contributed by atoms with Gasteiger partial charge in [-0.05, 0) is 36.0 Å². The number of hydrogen-bond acceptors (Lipinski definition) is 6. The van der Waals surface area contributed by atoms with Crippen molar-refractivity contribution in [3.05, 3.63) is 0 Å². The van der Waals surface area contributed by atoms with Crippen molar-refractivity contribution in [2.45, 2.75) is 110 Å². The molecule has 2 saturated carbocycles. The molecule has 0 aromatic heterocycles. The van der Waals surface area contributed by atoms with E-state index in [9.17, 15) is 28.2 Å². The number of likely N-dealkylation sites (tertiary alicyclic amines) is 1. The first-order valence-electron chi connectivity index (χ1n) is 16.0. The number of hydrogen-bond donors (Lipinski definition) is 4. The maximum absolute atomic E-state index is 14.4. The van der Waals surface area contributed by atoms with E-state index in [0.717, 1.165) is 19.3 Å². The van der Waals surface area contributed by atoms with Gasteiger partial charge in [-0.15, -0.1) is 18.8 Å². The SMILES string of the molecule is C#CCCC(NC(=O)[C@H]1N(C(=O)[C@@H](NC(=O)NC2(CS(C)=O)CCCCC2)C(C)(C)C)CC2C(C)(C)C21C)C(=O)C(=O)NCC#C. The molecule has 3 aliphatic rings. The molecule has 46 heavy (non-hydrogen) atoms. The number of ketones is 1. The van der Waals surface area contributed by atoms with E-state index >= 15 is 0 Å². The number of fused-ring (bicyclic) bond motifs is 1. The molecule has 0 spiro atoms. The van der Waals surface area contributed by atoms with Gasteiger partial charge in [-0.2, -0.15) is 0 Å². The fraction of sp³-hybridized carbons (Fsp3) is 0.735. The van der Waals surface area contributed by atoms with E-state index in [-0.39, 0.29) is 30.7 Å². The van der Waals surface area contributed by atoms with Gasteiger partial charge in [0.05, 0.1) is 18.1 Å². The molecule has 5 amide bonds. The summed E-state index contributed by atoms with van der Waals surface area (Å²) >= 11 is 0. The van der Waals surface area contributed by atoms with Crippen molar-refractivity contribution in [2.24, 2.45) is 22.2 Å². The number of rotatable bonds is 12. The van der Waals surface area contributed by atoms with Crippen LogP contribution in [0.3, 0.4) is 0 Å². The molecule has 1 saturated heterocycles. The summed E-state index contributed by atoms with van der Waals surface area (Å²) in [6.45, 7) is 11.7. The highest BCUT2D eigenvalue weighted by molar-refractivity contribution is 7.84. The van der Waals surface area contributed by atoms with E-state index in [1.807, 2.05) is 41.5 Å². The van der Waals surface area contributed by atoms with Crippen LogP contribution < -0.4 is 21.3 Å². The van der Waals surface area contributed by atoms with Gasteiger partial charge < -0.3 is 26.2 Å². The number of nitrogens with zero attached hydrogens (tertiary/aromatic N) is 1. The van der Waals surface area contributed by atoms with E-state index in [0.29, 0.717) is 25.1 Å². The first-order chi connectivity index (χ1) is 21.4. The molecule has 0 aromatic rings. The lowest BCUT2D eigenvalue weighted by Crippen LogP contribution is -2.64. The Hall–Kier alpha value is -3.38. The molecular weight excluding hydrogens is 606 g/mol. The molecule has 1 aliphatic heterocycles. The summed E-state index contributed by atoms with van der Waals surface area (Å²) in [6.07, 6.45) is 16.7. The van der Waals surface area contributed by atoms with Crippen LogP contribution in [-0.4, -0.2) is 87.4 Å². The Morgan fingerprint density at radius 1 is 1.00 bits per heavy atom. The van der Waals surface area contributed by atoms with Gasteiger partial charge in [0, 0.05) is 41.2 Å². The van der Waals surface area contributed by atoms with Gasteiger partial charge in [-0.1, -0.05) is 66.7 Å². The molecule has 2 aliphatic carbocycles. The molecule has 0 radical (unpaired) electrons. The van der Waals surface area contributed by atoms with Crippen LogP contribution in [0.15, 0.2) is 0 Å². The Morgan fingerprint density at radius 3 is 2.17 bits per heavy atom. The molecular formula is C34H51N5O6S. The van der Waals surface area contributed by atoms with Crippen LogP contribution in [0.5, 0.6) is 0 Å². The number of piperidine rings is 1. The van der Waals surface area contributed by atoms with Crippen LogP contribution in [0.25, 0.3) is 0 Å². The van der Waals surface area contributed by atoms with Crippen molar-refractivity contribution in [3.63, 3.8) is 0 Å². The molecule has 4 N–H and O–H groups in total. The van der Waals surface area contributed by atoms with Crippen molar-refractivity contribution in [3.8, 4) is 24.7 Å². The summed E-state index contributed by atoms with van der Waals surface area (Å²) in [5.41, 5.74) is -2.23. The van der Waals surface area contributed by atoms with Crippen molar-refractivity contribution in [2.75, 3.05) is 25.1 Å². The highest BCUT2D eigenvalue weighted by atomic mass is 32.2. The highest BCUT2D eigenvalue weighted by Crippen LogP contribution is 2.74. The number of carbonyl (C=O) groups excluding carboxylic acids is 5. The van der Waals surface area contributed by atoms with Gasteiger partial charge in [0.15, 0.2) is 0 Å². The number of amides is 5. The molecule has 0 bridgehead atoms. The first kappa shape index (κ1) is 37.1. The van der Waals surface area contributed by atoms with Crippen LogP contribution in [0.1, 0.15) is 86.5 Å². The summed E-state index contributed by atoms with van der Waals surface area (Å²) < 4.78 is 12.2. The van der Waals surface area contributed by atoms with Crippen LogP contribution in [0.2, 0.25) is 0 Å². The van der Waals surface area contributed by atoms with E-state index in [1.54, 1.807) is 6.26 Å². The minimum absolute atomic E-state index is 0.00188. The van der Waals surface area contributed by atoms with Gasteiger partial charge in [-0.3, -0.25) is 23.4 Å². The Morgan fingerprint density at radius 2 is 1.63 bits per heavy atom. The van der Waals surface area contributed by atoms with Crippen molar-refractivity contribution >= 4 is 40.3 Å². The first-order valence-corrected chi connectivity index (χ1v) is 17.8. The zero-order valence-electron chi connectivity index (χ0n) is 28.3. The summed E-state index contributed by atoms with van der Waals surface area (Å²) in [6, 6.07) is -3.68. The van der Waals surface area contributed by atoms with Gasteiger partial charge in [-0.25, -0.2) is 4.79 Å². The minimum atomic E-state index is -1.21. The largest absolute Gasteiger partial charge is 0.344 e. The third-order valence-electron chi connectivity index (χ3n) is 10.5. The second-order valence-corrected chi connectivity index (χ2v) is 16.4. The fourth-order valence-electron chi connectivity index (χ4n) is 7.62. The molecule has 3 rings (SSSR count). The topological polar surface area (TPSA) is 154 Å². The average Bonchev–Trinajstić information content (AvgIpc) is 3.21. The van der Waals surface area contributed by atoms with E-state index in [4.69, 9.17) is 12.8 Å². The third kappa shape index (κ3) is 7.60. The zero-order chi connectivity index (χ0) is 34.7. The quantitative estimate of drug-likeness (QED) is 0.186. The van der Waals surface area contributed by atoms with Crippen molar-refractivity contribution in [1.29, 1.82) is 0 Å². The van der Waals surface area contributed by atoms with Gasteiger partial charge >= 0.3 is 6.03 Å². The normalized spacial score (nSPS) is 26.2. The maximum atomic E-state index is 14.4. The molecule has 4 unspecified atom stereocenters. The predicted molar refractivity (Wildman–Crippen MR) is 177 cm³/mol. The summed E-state index contributed by atoms with van der Waals surface area (Å²) in [5, 5.41) is 11.0. The van der Waals surface area contributed by atoms with E-state index in [2.05, 4.69) is 33.1 Å². The lowest BCUT2D eigenvalue weighted by molar-refractivity contribution is -0.146. The predicted octanol–water partition coefficient (Wildman–Crippen LogP) is 1.87. The molecule has 1 heterocycles. The lowest BCUT2D eigenvalue weighted by Gasteiger charge is -2.41. The van der Waals surface area contributed by atoms with Crippen LogP contribution in [-0.2, 0) is 30.0 Å². The third-order valence-corrected chi connectivity index (χ3v) is 11.5. The minimum Gasteiger partial charge on any atom is -0.344 e. The van der Waals surface area contributed by atoms with Crippen LogP contribution >= 0.6 is 0 Å². The molecule has 254 valence electrons. The zero-order valence-corrected chi connectivity index (χ0v) is 29.2. The molecule has 3 fully saturated rings. The molecule has 6 atom stereocenters.